The van der Waals surface area contributed by atoms with Crippen molar-refractivity contribution >= 4 is 23.3 Å². The molecule has 0 aromatic heterocycles. The highest BCUT2D eigenvalue weighted by Gasteiger charge is 2.27. The van der Waals surface area contributed by atoms with Crippen LogP contribution in [0.25, 0.3) is 0 Å². The van der Waals surface area contributed by atoms with E-state index in [4.69, 9.17) is 10.2 Å². The van der Waals surface area contributed by atoms with Gasteiger partial charge < -0.3 is 20.0 Å². The molecule has 108 valence electrons. The smallest absolute Gasteiger partial charge is 0.323 e. The number of aliphatic carboxylic acids is 1. The Morgan fingerprint density at radius 2 is 2.20 bits per heavy atom. The number of carbonyl (C=O) groups is 2. The molecule has 1 aromatic rings. The molecule has 6 nitrogen and oxygen atoms in total. The Balaban J connectivity index is 2.19. The van der Waals surface area contributed by atoms with Gasteiger partial charge in [-0.2, -0.15) is 0 Å². The average molecular weight is 278 g/mol. The van der Waals surface area contributed by atoms with E-state index in [1.54, 1.807) is 16.8 Å². The summed E-state index contributed by atoms with van der Waals surface area (Å²) in [6.07, 6.45) is 0.876. The van der Waals surface area contributed by atoms with Gasteiger partial charge in [0.2, 0.25) is 5.91 Å². The molecule has 0 bridgehead atoms. The van der Waals surface area contributed by atoms with Crippen LogP contribution in [0, 0.1) is 0 Å². The number of hydrogen-bond donors (Lipinski definition) is 2. The number of likely N-dealkylation sites (N-methyl/N-ethyl adjacent to an activating group) is 1. The summed E-state index contributed by atoms with van der Waals surface area (Å²) in [5.74, 6) is -0.875. The number of aliphatic hydroxyl groups is 1. The van der Waals surface area contributed by atoms with Crippen LogP contribution in [0.15, 0.2) is 18.2 Å². The van der Waals surface area contributed by atoms with Crippen LogP contribution in [0.2, 0.25) is 0 Å². The number of carbonyl (C=O) groups excluding carboxylic acids is 1. The van der Waals surface area contributed by atoms with Crippen LogP contribution in [0.5, 0.6) is 0 Å². The predicted octanol–water partition coefficient (Wildman–Crippen LogP) is 0.479. The topological polar surface area (TPSA) is 81.1 Å². The minimum atomic E-state index is -0.895. The van der Waals surface area contributed by atoms with Gasteiger partial charge in [-0.05, 0) is 30.2 Å². The highest BCUT2D eigenvalue weighted by Crippen LogP contribution is 2.32. The lowest BCUT2D eigenvalue weighted by molar-refractivity contribution is -0.135. The molecule has 1 aliphatic rings. The third-order valence-corrected chi connectivity index (χ3v) is 3.35. The van der Waals surface area contributed by atoms with Crippen LogP contribution in [0.4, 0.5) is 11.4 Å². The van der Waals surface area contributed by atoms with Crippen LogP contribution in [0.1, 0.15) is 12.0 Å². The van der Waals surface area contributed by atoms with Crippen LogP contribution >= 0.6 is 0 Å². The van der Waals surface area contributed by atoms with Gasteiger partial charge in [-0.3, -0.25) is 9.59 Å². The Bertz CT molecular complexity index is 530. The first kappa shape index (κ1) is 14.3. The molecule has 20 heavy (non-hydrogen) atoms. The SMILES string of the molecule is CN(CC(=O)O)c1ccc2c(c1)CC(=O)N2CCCO. The van der Waals surface area contributed by atoms with Crippen molar-refractivity contribution in [2.75, 3.05) is 36.5 Å². The lowest BCUT2D eigenvalue weighted by atomic mass is 10.1. The number of aliphatic hydroxyl groups excluding tert-OH is 1. The number of rotatable bonds is 6. The molecule has 1 heterocycles. The normalized spacial score (nSPS) is 13.5. The fourth-order valence-electron chi connectivity index (χ4n) is 2.38. The quantitative estimate of drug-likeness (QED) is 0.791. The minimum Gasteiger partial charge on any atom is -0.480 e. The number of benzene rings is 1. The zero-order chi connectivity index (χ0) is 14.7. The van der Waals surface area contributed by atoms with Gasteiger partial charge in [0, 0.05) is 31.6 Å². The van der Waals surface area contributed by atoms with Crippen molar-refractivity contribution in [3.05, 3.63) is 23.8 Å². The van der Waals surface area contributed by atoms with Gasteiger partial charge in [-0.1, -0.05) is 0 Å². The van der Waals surface area contributed by atoms with E-state index >= 15 is 0 Å². The number of fused-ring (bicyclic) bond motifs is 1. The molecular weight excluding hydrogens is 260 g/mol. The molecule has 0 saturated heterocycles. The molecule has 0 saturated carbocycles. The van der Waals surface area contributed by atoms with Gasteiger partial charge in [0.15, 0.2) is 0 Å². The van der Waals surface area contributed by atoms with Crippen molar-refractivity contribution in [2.24, 2.45) is 0 Å². The van der Waals surface area contributed by atoms with Gasteiger partial charge in [0.1, 0.15) is 6.54 Å². The van der Waals surface area contributed by atoms with E-state index in [0.29, 0.717) is 19.4 Å². The molecule has 2 N–H and O–H groups in total. The molecular formula is C14H18N2O4. The highest BCUT2D eigenvalue weighted by molar-refractivity contribution is 6.01. The van der Waals surface area contributed by atoms with Crippen molar-refractivity contribution < 1.29 is 19.8 Å². The average Bonchev–Trinajstić information content (AvgIpc) is 2.70. The van der Waals surface area contributed by atoms with Crippen molar-refractivity contribution in [1.29, 1.82) is 0 Å². The zero-order valence-electron chi connectivity index (χ0n) is 11.4. The maximum absolute atomic E-state index is 11.9. The highest BCUT2D eigenvalue weighted by atomic mass is 16.4. The minimum absolute atomic E-state index is 0.0199. The van der Waals surface area contributed by atoms with Gasteiger partial charge in [-0.15, -0.1) is 0 Å². The second-order valence-corrected chi connectivity index (χ2v) is 4.86. The van der Waals surface area contributed by atoms with Crippen molar-refractivity contribution in [3.8, 4) is 0 Å². The number of amides is 1. The molecule has 0 atom stereocenters. The Morgan fingerprint density at radius 3 is 2.85 bits per heavy atom. The van der Waals surface area contributed by atoms with Gasteiger partial charge in [0.05, 0.1) is 6.42 Å². The van der Waals surface area contributed by atoms with E-state index in [-0.39, 0.29) is 19.1 Å². The van der Waals surface area contributed by atoms with Crippen LogP contribution in [0.3, 0.4) is 0 Å². The van der Waals surface area contributed by atoms with Gasteiger partial charge in [0.25, 0.3) is 0 Å². The molecule has 0 aliphatic carbocycles. The fraction of sp³-hybridized carbons (Fsp3) is 0.429. The van der Waals surface area contributed by atoms with Crippen LogP contribution in [-0.4, -0.2) is 48.8 Å². The number of hydrogen-bond acceptors (Lipinski definition) is 4. The number of nitrogens with zero attached hydrogens (tertiary/aromatic N) is 2. The molecule has 1 aromatic carbocycles. The second-order valence-electron chi connectivity index (χ2n) is 4.86. The first-order valence-electron chi connectivity index (χ1n) is 6.50. The van der Waals surface area contributed by atoms with Crippen LogP contribution < -0.4 is 9.80 Å². The first-order chi connectivity index (χ1) is 9.52. The first-order valence-corrected chi connectivity index (χ1v) is 6.50. The molecule has 6 heteroatoms. The number of anilines is 2. The third-order valence-electron chi connectivity index (χ3n) is 3.35. The largest absolute Gasteiger partial charge is 0.480 e. The molecule has 0 radical (unpaired) electrons. The van der Waals surface area contributed by atoms with E-state index in [2.05, 4.69) is 0 Å². The Hall–Kier alpha value is -2.08. The van der Waals surface area contributed by atoms with Gasteiger partial charge >= 0.3 is 5.97 Å². The van der Waals surface area contributed by atoms with E-state index in [9.17, 15) is 9.59 Å². The summed E-state index contributed by atoms with van der Waals surface area (Å²) in [6, 6.07) is 5.51. The zero-order valence-corrected chi connectivity index (χ0v) is 11.4. The van der Waals surface area contributed by atoms with Crippen LogP contribution in [-0.2, 0) is 16.0 Å². The monoisotopic (exact) mass is 278 g/mol. The summed E-state index contributed by atoms with van der Waals surface area (Å²) in [7, 11) is 1.70. The van der Waals surface area contributed by atoms with E-state index in [0.717, 1.165) is 16.9 Å². The van der Waals surface area contributed by atoms with E-state index < -0.39 is 5.97 Å². The Kier molecular flexibility index (Phi) is 4.24. The standard InChI is InChI=1S/C14H18N2O4/c1-15(9-14(19)20)11-3-4-12-10(7-11)8-13(18)16(12)5-2-6-17/h3-4,7,17H,2,5-6,8-9H2,1H3,(H,19,20). The molecule has 2 rings (SSSR count). The summed E-state index contributed by atoms with van der Waals surface area (Å²) in [4.78, 5) is 25.9. The molecule has 0 spiro atoms. The predicted molar refractivity (Wildman–Crippen MR) is 75.1 cm³/mol. The summed E-state index contributed by atoms with van der Waals surface area (Å²) in [6.45, 7) is 0.478. The van der Waals surface area contributed by atoms with Crippen molar-refractivity contribution in [3.63, 3.8) is 0 Å². The summed E-state index contributed by atoms with van der Waals surface area (Å²) in [5, 5.41) is 17.7. The van der Waals surface area contributed by atoms with Gasteiger partial charge in [-0.25, -0.2) is 0 Å². The summed E-state index contributed by atoms with van der Waals surface area (Å²) < 4.78 is 0. The molecule has 1 aliphatic heterocycles. The molecule has 1 amide bonds. The molecule has 0 unspecified atom stereocenters. The number of carboxylic acid groups (broad SMARTS) is 1. The van der Waals surface area contributed by atoms with E-state index in [1.807, 2.05) is 18.2 Å². The maximum atomic E-state index is 11.9. The summed E-state index contributed by atoms with van der Waals surface area (Å²) >= 11 is 0. The molecule has 0 fully saturated rings. The number of carboxylic acids is 1. The van der Waals surface area contributed by atoms with Crippen molar-refractivity contribution in [2.45, 2.75) is 12.8 Å². The Morgan fingerprint density at radius 1 is 1.45 bits per heavy atom. The van der Waals surface area contributed by atoms with E-state index in [1.165, 1.54) is 0 Å². The van der Waals surface area contributed by atoms with Crippen molar-refractivity contribution in [1.82, 2.24) is 0 Å². The fourth-order valence-corrected chi connectivity index (χ4v) is 2.38. The lowest BCUT2D eigenvalue weighted by Crippen LogP contribution is -2.28. The third kappa shape index (κ3) is 2.91. The maximum Gasteiger partial charge on any atom is 0.323 e. The lowest BCUT2D eigenvalue weighted by Gasteiger charge is -2.20. The summed E-state index contributed by atoms with van der Waals surface area (Å²) in [5.41, 5.74) is 2.54. The second kappa shape index (κ2) is 5.92. The Labute approximate surface area is 117 Å².